The normalized spacial score (nSPS) is 10.9. The van der Waals surface area contributed by atoms with E-state index < -0.39 is 0 Å². The first kappa shape index (κ1) is 16.9. The minimum Gasteiger partial charge on any atom is -0.342 e. The number of fused-ring (bicyclic) bond motifs is 1. The Labute approximate surface area is 155 Å². The lowest BCUT2D eigenvalue weighted by atomic mass is 10.0. The van der Waals surface area contributed by atoms with Crippen molar-refractivity contribution in [1.82, 2.24) is 4.57 Å². The molecule has 3 nitrogen and oxygen atoms in total. The van der Waals surface area contributed by atoms with E-state index in [1.54, 1.807) is 54.7 Å². The van der Waals surface area contributed by atoms with Crippen LogP contribution in [0.1, 0.15) is 21.5 Å². The van der Waals surface area contributed by atoms with E-state index in [0.29, 0.717) is 17.5 Å². The van der Waals surface area contributed by atoms with Crippen LogP contribution in [0.2, 0.25) is 0 Å². The molecule has 0 radical (unpaired) electrons. The molecule has 0 aliphatic rings. The average Bonchev–Trinajstić information content (AvgIpc) is 2.72. The second-order valence-electron chi connectivity index (χ2n) is 6.34. The molecule has 27 heavy (non-hydrogen) atoms. The van der Waals surface area contributed by atoms with Gasteiger partial charge in [0, 0.05) is 23.7 Å². The van der Waals surface area contributed by atoms with Gasteiger partial charge in [-0.15, -0.1) is 0 Å². The Hall–Kier alpha value is -3.53. The standard InChI is InChI=1S/C23H16FNO2/c24-18-12-10-16(11-13-18)14-25-15-20(22(26)17-6-2-1-3-7-17)23(27)19-8-4-5-9-21(19)25/h1-13,15H,14H2. The maximum Gasteiger partial charge on any atom is 0.200 e. The van der Waals surface area contributed by atoms with Crippen molar-refractivity contribution >= 4 is 16.7 Å². The molecule has 132 valence electrons. The van der Waals surface area contributed by atoms with Gasteiger partial charge in [-0.25, -0.2) is 4.39 Å². The summed E-state index contributed by atoms with van der Waals surface area (Å²) in [5.41, 5.74) is 1.93. The van der Waals surface area contributed by atoms with Gasteiger partial charge in [0.2, 0.25) is 5.43 Å². The van der Waals surface area contributed by atoms with Gasteiger partial charge < -0.3 is 4.57 Å². The van der Waals surface area contributed by atoms with Crippen LogP contribution < -0.4 is 5.43 Å². The maximum atomic E-state index is 13.2. The number of aromatic nitrogens is 1. The molecule has 0 aliphatic carbocycles. The van der Waals surface area contributed by atoms with Crippen LogP contribution in [-0.4, -0.2) is 10.4 Å². The van der Waals surface area contributed by atoms with Crippen LogP contribution in [0.4, 0.5) is 4.39 Å². The summed E-state index contributed by atoms with van der Waals surface area (Å²) in [6.07, 6.45) is 1.60. The summed E-state index contributed by atoms with van der Waals surface area (Å²) in [5.74, 6) is -0.609. The molecule has 0 saturated carbocycles. The molecule has 4 heteroatoms. The van der Waals surface area contributed by atoms with Crippen molar-refractivity contribution in [3.05, 3.63) is 118 Å². The lowest BCUT2D eigenvalue weighted by molar-refractivity contribution is 0.103. The number of benzene rings is 3. The van der Waals surface area contributed by atoms with Crippen molar-refractivity contribution in [2.45, 2.75) is 6.54 Å². The van der Waals surface area contributed by atoms with Gasteiger partial charge in [-0.1, -0.05) is 54.6 Å². The molecule has 0 amide bonds. The van der Waals surface area contributed by atoms with Crippen LogP contribution in [0.15, 0.2) is 89.9 Å². The van der Waals surface area contributed by atoms with Crippen LogP contribution in [0.5, 0.6) is 0 Å². The molecule has 0 unspecified atom stereocenters. The number of ketones is 1. The number of rotatable bonds is 4. The molecule has 0 atom stereocenters. The molecular formula is C23H16FNO2. The smallest absolute Gasteiger partial charge is 0.200 e. The summed E-state index contributed by atoms with van der Waals surface area (Å²) in [7, 11) is 0. The summed E-state index contributed by atoms with van der Waals surface area (Å²) in [4.78, 5) is 25.8. The van der Waals surface area contributed by atoms with Crippen LogP contribution in [0, 0.1) is 5.82 Å². The predicted molar refractivity (Wildman–Crippen MR) is 104 cm³/mol. The van der Waals surface area contributed by atoms with E-state index in [4.69, 9.17) is 0 Å². The fourth-order valence-corrected chi connectivity index (χ4v) is 3.17. The van der Waals surface area contributed by atoms with Crippen molar-refractivity contribution in [2.24, 2.45) is 0 Å². The van der Waals surface area contributed by atoms with E-state index in [1.165, 1.54) is 12.1 Å². The van der Waals surface area contributed by atoms with Crippen molar-refractivity contribution in [1.29, 1.82) is 0 Å². The van der Waals surface area contributed by atoms with Crippen molar-refractivity contribution in [2.75, 3.05) is 0 Å². The highest BCUT2D eigenvalue weighted by atomic mass is 19.1. The van der Waals surface area contributed by atoms with Crippen LogP contribution in [0.3, 0.4) is 0 Å². The van der Waals surface area contributed by atoms with Gasteiger partial charge in [0.25, 0.3) is 0 Å². The van der Waals surface area contributed by atoms with Crippen molar-refractivity contribution < 1.29 is 9.18 Å². The number of pyridine rings is 1. The Balaban J connectivity index is 1.88. The van der Waals surface area contributed by atoms with Crippen LogP contribution in [-0.2, 0) is 6.54 Å². The molecule has 4 aromatic rings. The van der Waals surface area contributed by atoms with E-state index >= 15 is 0 Å². The van der Waals surface area contributed by atoms with E-state index in [1.807, 2.05) is 22.8 Å². The van der Waals surface area contributed by atoms with Crippen LogP contribution >= 0.6 is 0 Å². The maximum absolute atomic E-state index is 13.2. The summed E-state index contributed by atoms with van der Waals surface area (Å²) in [5, 5.41) is 0.487. The molecule has 0 bridgehead atoms. The first-order valence-electron chi connectivity index (χ1n) is 8.60. The van der Waals surface area contributed by atoms with E-state index in [9.17, 15) is 14.0 Å². The number of carbonyl (C=O) groups excluding carboxylic acids is 1. The van der Waals surface area contributed by atoms with Gasteiger partial charge in [0.1, 0.15) is 5.82 Å². The highest BCUT2D eigenvalue weighted by Gasteiger charge is 2.17. The fraction of sp³-hybridized carbons (Fsp3) is 0.0435. The van der Waals surface area contributed by atoms with Gasteiger partial charge in [-0.2, -0.15) is 0 Å². The highest BCUT2D eigenvalue weighted by molar-refractivity contribution is 6.10. The van der Waals surface area contributed by atoms with Gasteiger partial charge >= 0.3 is 0 Å². The molecule has 0 saturated heterocycles. The molecule has 0 fully saturated rings. The Bertz CT molecular complexity index is 1180. The Kier molecular flexibility index (Phi) is 4.38. The van der Waals surface area contributed by atoms with Crippen molar-refractivity contribution in [3.8, 4) is 0 Å². The van der Waals surface area contributed by atoms with Crippen LogP contribution in [0.25, 0.3) is 10.9 Å². The predicted octanol–water partition coefficient (Wildman–Crippen LogP) is 4.42. The van der Waals surface area contributed by atoms with Gasteiger partial charge in [-0.3, -0.25) is 9.59 Å². The Morgan fingerprint density at radius 1 is 0.852 bits per heavy atom. The average molecular weight is 357 g/mol. The summed E-state index contributed by atoms with van der Waals surface area (Å²) >= 11 is 0. The molecular weight excluding hydrogens is 341 g/mol. The quantitative estimate of drug-likeness (QED) is 0.507. The van der Waals surface area contributed by atoms with E-state index in [-0.39, 0.29) is 22.6 Å². The number of para-hydroxylation sites is 1. The topological polar surface area (TPSA) is 39.1 Å². The number of hydrogen-bond donors (Lipinski definition) is 0. The second-order valence-corrected chi connectivity index (χ2v) is 6.34. The van der Waals surface area contributed by atoms with Crippen molar-refractivity contribution in [3.63, 3.8) is 0 Å². The molecule has 1 aromatic heterocycles. The first-order valence-corrected chi connectivity index (χ1v) is 8.60. The highest BCUT2D eigenvalue weighted by Crippen LogP contribution is 2.16. The third-order valence-electron chi connectivity index (χ3n) is 4.53. The minimum atomic E-state index is -0.306. The number of hydrogen-bond acceptors (Lipinski definition) is 2. The van der Waals surface area contributed by atoms with Gasteiger partial charge in [-0.05, 0) is 29.8 Å². The molecule has 0 N–H and O–H groups in total. The lowest BCUT2D eigenvalue weighted by Crippen LogP contribution is -2.20. The largest absolute Gasteiger partial charge is 0.342 e. The number of halogens is 1. The third kappa shape index (κ3) is 3.29. The summed E-state index contributed by atoms with van der Waals surface area (Å²) < 4.78 is 15.1. The minimum absolute atomic E-state index is 0.127. The zero-order valence-corrected chi connectivity index (χ0v) is 14.4. The molecule has 4 rings (SSSR count). The molecule has 0 spiro atoms. The van der Waals surface area contributed by atoms with Gasteiger partial charge in [0.15, 0.2) is 5.78 Å². The zero-order chi connectivity index (χ0) is 18.8. The molecule has 1 heterocycles. The lowest BCUT2D eigenvalue weighted by Gasteiger charge is -2.13. The van der Waals surface area contributed by atoms with Gasteiger partial charge in [0.05, 0.1) is 11.1 Å². The fourth-order valence-electron chi connectivity index (χ4n) is 3.17. The summed E-state index contributed by atoms with van der Waals surface area (Å²) in [6.45, 7) is 0.427. The van der Waals surface area contributed by atoms with E-state index in [0.717, 1.165) is 11.1 Å². The molecule has 0 aliphatic heterocycles. The van der Waals surface area contributed by atoms with E-state index in [2.05, 4.69) is 0 Å². The zero-order valence-electron chi connectivity index (χ0n) is 14.4. The third-order valence-corrected chi connectivity index (χ3v) is 4.53. The number of nitrogens with zero attached hydrogens (tertiary/aromatic N) is 1. The first-order chi connectivity index (χ1) is 13.1. The second kappa shape index (κ2) is 7.00. The summed E-state index contributed by atoms with van der Waals surface area (Å²) in [6, 6.07) is 22.1. The number of carbonyl (C=O) groups is 1. The molecule has 3 aromatic carbocycles. The monoisotopic (exact) mass is 357 g/mol. The SMILES string of the molecule is O=C(c1ccccc1)c1cn(Cc2ccc(F)cc2)c2ccccc2c1=O. The Morgan fingerprint density at radius 3 is 2.26 bits per heavy atom. The Morgan fingerprint density at radius 2 is 1.52 bits per heavy atom.